The van der Waals surface area contributed by atoms with Crippen LogP contribution in [0.3, 0.4) is 0 Å². The molecular weight excluding hydrogens is 244 g/mol. The highest BCUT2D eigenvalue weighted by Crippen LogP contribution is 2.31. The van der Waals surface area contributed by atoms with Crippen molar-refractivity contribution in [2.75, 3.05) is 5.73 Å². The van der Waals surface area contributed by atoms with Gasteiger partial charge < -0.3 is 5.73 Å². The normalized spacial score (nSPS) is 11.2. The van der Waals surface area contributed by atoms with E-state index in [4.69, 9.17) is 5.73 Å². The Morgan fingerprint density at radius 3 is 2.89 bits per heavy atom. The zero-order chi connectivity index (χ0) is 12.7. The maximum Gasteiger partial charge on any atom is 0.196 e. The number of thiazole rings is 1. The second-order valence-electron chi connectivity index (χ2n) is 4.14. The van der Waals surface area contributed by atoms with E-state index in [1.807, 2.05) is 22.6 Å². The van der Waals surface area contributed by atoms with Gasteiger partial charge in [0.25, 0.3) is 0 Å². The molecule has 0 spiro atoms. The molecule has 0 fully saturated rings. The number of imidazole rings is 1. The minimum absolute atomic E-state index is 0.685. The molecule has 3 heterocycles. The standard InChI is InChI=1S/C13H14N4S/c1-3-10-8(2)18-13-16-11(12(14)17(10)13)9-6-4-5-7-15-9/h4-7H,3,14H2,1-2H3. The summed E-state index contributed by atoms with van der Waals surface area (Å²) in [6, 6.07) is 5.77. The number of aryl methyl sites for hydroxylation is 2. The molecule has 3 aromatic rings. The molecule has 0 aliphatic heterocycles. The Kier molecular flexibility index (Phi) is 2.56. The zero-order valence-corrected chi connectivity index (χ0v) is 11.2. The van der Waals surface area contributed by atoms with E-state index >= 15 is 0 Å². The van der Waals surface area contributed by atoms with Gasteiger partial charge in [-0.2, -0.15) is 0 Å². The first-order valence-corrected chi connectivity index (χ1v) is 6.71. The Labute approximate surface area is 109 Å². The summed E-state index contributed by atoms with van der Waals surface area (Å²) in [5.74, 6) is 0.685. The van der Waals surface area contributed by atoms with E-state index in [9.17, 15) is 0 Å². The molecule has 5 heteroatoms. The fraction of sp³-hybridized carbons (Fsp3) is 0.231. The number of pyridine rings is 1. The van der Waals surface area contributed by atoms with Gasteiger partial charge >= 0.3 is 0 Å². The van der Waals surface area contributed by atoms with Crippen LogP contribution in [0.2, 0.25) is 0 Å². The molecule has 0 atom stereocenters. The Balaban J connectivity index is 2.28. The summed E-state index contributed by atoms with van der Waals surface area (Å²) in [6.45, 7) is 4.24. The minimum atomic E-state index is 0.685. The molecule has 0 unspecified atom stereocenters. The van der Waals surface area contributed by atoms with E-state index in [0.717, 1.165) is 22.8 Å². The molecule has 18 heavy (non-hydrogen) atoms. The van der Waals surface area contributed by atoms with Crippen molar-refractivity contribution in [2.24, 2.45) is 0 Å². The van der Waals surface area contributed by atoms with Gasteiger partial charge in [-0.25, -0.2) is 4.98 Å². The Morgan fingerprint density at radius 2 is 2.22 bits per heavy atom. The topological polar surface area (TPSA) is 56.2 Å². The Bertz CT molecular complexity index is 697. The minimum Gasteiger partial charge on any atom is -0.383 e. The number of aromatic nitrogens is 3. The van der Waals surface area contributed by atoms with Crippen LogP contribution in [0.5, 0.6) is 0 Å². The van der Waals surface area contributed by atoms with Gasteiger partial charge in [-0.1, -0.05) is 13.0 Å². The van der Waals surface area contributed by atoms with E-state index in [1.54, 1.807) is 17.5 Å². The van der Waals surface area contributed by atoms with Crippen molar-refractivity contribution in [2.45, 2.75) is 20.3 Å². The first kappa shape index (κ1) is 11.2. The fourth-order valence-electron chi connectivity index (χ4n) is 2.19. The summed E-state index contributed by atoms with van der Waals surface area (Å²) in [7, 11) is 0. The van der Waals surface area contributed by atoms with Gasteiger partial charge in [0.05, 0.1) is 5.69 Å². The molecule has 0 aromatic carbocycles. The maximum atomic E-state index is 6.23. The predicted molar refractivity (Wildman–Crippen MR) is 74.8 cm³/mol. The summed E-state index contributed by atoms with van der Waals surface area (Å²) in [6.07, 6.45) is 2.71. The highest BCUT2D eigenvalue weighted by Gasteiger charge is 2.17. The summed E-state index contributed by atoms with van der Waals surface area (Å²) in [5, 5.41) is 0. The van der Waals surface area contributed by atoms with E-state index in [1.165, 1.54) is 10.6 Å². The van der Waals surface area contributed by atoms with Crippen molar-refractivity contribution in [3.8, 4) is 11.4 Å². The lowest BCUT2D eigenvalue weighted by molar-refractivity contribution is 0.994. The highest BCUT2D eigenvalue weighted by molar-refractivity contribution is 7.17. The average Bonchev–Trinajstić information content (AvgIpc) is 2.87. The quantitative estimate of drug-likeness (QED) is 0.769. The monoisotopic (exact) mass is 258 g/mol. The summed E-state index contributed by atoms with van der Waals surface area (Å²) >= 11 is 1.68. The third-order valence-corrected chi connectivity index (χ3v) is 4.04. The summed E-state index contributed by atoms with van der Waals surface area (Å²) in [5.41, 5.74) is 9.07. The van der Waals surface area contributed by atoms with Crippen LogP contribution in [0.25, 0.3) is 16.3 Å². The lowest BCUT2D eigenvalue weighted by Crippen LogP contribution is -1.98. The highest BCUT2D eigenvalue weighted by atomic mass is 32.1. The van der Waals surface area contributed by atoms with Crippen LogP contribution in [0.1, 0.15) is 17.5 Å². The van der Waals surface area contributed by atoms with Crippen molar-refractivity contribution < 1.29 is 0 Å². The molecule has 0 saturated heterocycles. The number of nitrogens with zero attached hydrogens (tertiary/aromatic N) is 3. The molecular formula is C13H14N4S. The third kappa shape index (κ3) is 1.51. The second-order valence-corrected chi connectivity index (χ2v) is 5.32. The van der Waals surface area contributed by atoms with Gasteiger partial charge in [0.1, 0.15) is 11.5 Å². The zero-order valence-electron chi connectivity index (χ0n) is 10.3. The number of rotatable bonds is 2. The van der Waals surface area contributed by atoms with E-state index in [-0.39, 0.29) is 0 Å². The molecule has 0 aliphatic rings. The molecule has 0 bridgehead atoms. The van der Waals surface area contributed by atoms with Gasteiger partial charge in [0.15, 0.2) is 4.96 Å². The van der Waals surface area contributed by atoms with Crippen molar-refractivity contribution >= 4 is 22.1 Å². The number of nitrogen functional groups attached to an aromatic ring is 1. The van der Waals surface area contributed by atoms with Gasteiger partial charge in [-0.3, -0.25) is 9.38 Å². The van der Waals surface area contributed by atoms with Crippen LogP contribution in [-0.2, 0) is 6.42 Å². The maximum absolute atomic E-state index is 6.23. The summed E-state index contributed by atoms with van der Waals surface area (Å²) < 4.78 is 2.05. The molecule has 92 valence electrons. The number of hydrogen-bond acceptors (Lipinski definition) is 4. The second kappa shape index (κ2) is 4.10. The SMILES string of the molecule is CCc1c(C)sc2nc(-c3ccccn3)c(N)n12. The summed E-state index contributed by atoms with van der Waals surface area (Å²) in [4.78, 5) is 11.1. The van der Waals surface area contributed by atoms with Crippen molar-refractivity contribution in [3.63, 3.8) is 0 Å². The van der Waals surface area contributed by atoms with Crippen LogP contribution < -0.4 is 5.73 Å². The number of anilines is 1. The van der Waals surface area contributed by atoms with E-state index < -0.39 is 0 Å². The molecule has 0 aliphatic carbocycles. The average molecular weight is 258 g/mol. The van der Waals surface area contributed by atoms with Crippen molar-refractivity contribution in [3.05, 3.63) is 35.0 Å². The fourth-order valence-corrected chi connectivity index (χ4v) is 3.26. The predicted octanol–water partition coefficient (Wildman–Crippen LogP) is 2.91. The number of nitrogens with two attached hydrogens (primary N) is 1. The first-order chi connectivity index (χ1) is 8.72. The Hall–Kier alpha value is -1.88. The van der Waals surface area contributed by atoms with E-state index in [2.05, 4.69) is 23.8 Å². The van der Waals surface area contributed by atoms with Gasteiger partial charge in [0, 0.05) is 16.8 Å². The van der Waals surface area contributed by atoms with Gasteiger partial charge in [-0.15, -0.1) is 11.3 Å². The molecule has 3 aromatic heterocycles. The molecule has 0 amide bonds. The molecule has 3 rings (SSSR count). The van der Waals surface area contributed by atoms with Crippen molar-refractivity contribution in [1.82, 2.24) is 14.4 Å². The largest absolute Gasteiger partial charge is 0.383 e. The van der Waals surface area contributed by atoms with Crippen LogP contribution in [0.4, 0.5) is 5.82 Å². The van der Waals surface area contributed by atoms with Gasteiger partial charge in [0.2, 0.25) is 0 Å². The van der Waals surface area contributed by atoms with Crippen LogP contribution >= 0.6 is 11.3 Å². The molecule has 0 saturated carbocycles. The first-order valence-electron chi connectivity index (χ1n) is 5.90. The molecule has 2 N–H and O–H groups in total. The number of hydrogen-bond donors (Lipinski definition) is 1. The Morgan fingerprint density at radius 1 is 1.39 bits per heavy atom. The van der Waals surface area contributed by atoms with E-state index in [0.29, 0.717) is 5.82 Å². The van der Waals surface area contributed by atoms with Crippen LogP contribution in [0.15, 0.2) is 24.4 Å². The third-order valence-electron chi connectivity index (χ3n) is 3.05. The van der Waals surface area contributed by atoms with Crippen molar-refractivity contribution in [1.29, 1.82) is 0 Å². The number of fused-ring (bicyclic) bond motifs is 1. The van der Waals surface area contributed by atoms with Gasteiger partial charge in [-0.05, 0) is 25.5 Å². The lowest BCUT2D eigenvalue weighted by atomic mass is 10.2. The van der Waals surface area contributed by atoms with Crippen LogP contribution in [-0.4, -0.2) is 14.4 Å². The molecule has 0 radical (unpaired) electrons. The van der Waals surface area contributed by atoms with Crippen LogP contribution in [0, 0.1) is 6.92 Å². The smallest absolute Gasteiger partial charge is 0.196 e. The lowest BCUT2D eigenvalue weighted by Gasteiger charge is -2.01. The molecule has 4 nitrogen and oxygen atoms in total.